The second kappa shape index (κ2) is 7.05. The van der Waals surface area contributed by atoms with Crippen molar-refractivity contribution in [1.29, 1.82) is 0 Å². The van der Waals surface area contributed by atoms with Gasteiger partial charge in [-0.3, -0.25) is 0 Å². The average molecular weight is 276 g/mol. The first-order valence-corrected chi connectivity index (χ1v) is 6.91. The first-order valence-electron chi connectivity index (χ1n) is 6.91. The molecule has 20 heavy (non-hydrogen) atoms. The Labute approximate surface area is 118 Å². The topological polar surface area (TPSA) is 68.4 Å². The minimum absolute atomic E-state index is 0.238. The van der Waals surface area contributed by atoms with Gasteiger partial charge in [0.25, 0.3) is 5.89 Å². The highest BCUT2D eigenvalue weighted by atomic mass is 16.5. The van der Waals surface area contributed by atoms with Crippen LogP contribution < -0.4 is 4.74 Å². The van der Waals surface area contributed by atoms with Crippen molar-refractivity contribution in [3.8, 4) is 5.75 Å². The van der Waals surface area contributed by atoms with Crippen LogP contribution in [0.5, 0.6) is 5.75 Å². The van der Waals surface area contributed by atoms with Gasteiger partial charge in [0, 0.05) is 6.42 Å². The molecular weight excluding hydrogens is 256 g/mol. The Morgan fingerprint density at radius 3 is 3.00 bits per heavy atom. The Hall–Kier alpha value is -1.88. The van der Waals surface area contributed by atoms with Crippen molar-refractivity contribution in [3.05, 3.63) is 41.5 Å². The second-order valence-corrected chi connectivity index (χ2v) is 4.75. The molecule has 1 aromatic carbocycles. The van der Waals surface area contributed by atoms with Gasteiger partial charge in [-0.1, -0.05) is 30.6 Å². The van der Waals surface area contributed by atoms with Crippen LogP contribution in [-0.4, -0.2) is 15.2 Å². The first kappa shape index (κ1) is 14.5. The number of hydrogen-bond acceptors (Lipinski definition) is 5. The molecule has 0 spiro atoms. The lowest BCUT2D eigenvalue weighted by Gasteiger charge is -2.07. The van der Waals surface area contributed by atoms with Gasteiger partial charge in [-0.05, 0) is 31.0 Å². The van der Waals surface area contributed by atoms with Gasteiger partial charge in [0.1, 0.15) is 5.75 Å². The van der Waals surface area contributed by atoms with Gasteiger partial charge in [-0.2, -0.15) is 4.98 Å². The Morgan fingerprint density at radius 1 is 1.40 bits per heavy atom. The molecule has 0 fully saturated rings. The number of rotatable bonds is 7. The molecule has 5 nitrogen and oxygen atoms in total. The number of aryl methyl sites for hydroxylation is 1. The highest BCUT2D eigenvalue weighted by Gasteiger charge is 2.07. The van der Waals surface area contributed by atoms with Gasteiger partial charge in [-0.15, -0.1) is 0 Å². The van der Waals surface area contributed by atoms with Crippen LogP contribution in [0.15, 0.2) is 28.8 Å². The fourth-order valence-corrected chi connectivity index (χ4v) is 1.79. The van der Waals surface area contributed by atoms with E-state index in [0.717, 1.165) is 30.7 Å². The summed E-state index contributed by atoms with van der Waals surface area (Å²) in [5, 5.41) is 13.4. The quantitative estimate of drug-likeness (QED) is 0.841. The van der Waals surface area contributed by atoms with E-state index in [1.165, 1.54) is 0 Å². The minimum Gasteiger partial charge on any atom is -0.484 e. The van der Waals surface area contributed by atoms with Gasteiger partial charge in [-0.25, -0.2) is 0 Å². The van der Waals surface area contributed by atoms with Crippen LogP contribution in [0.3, 0.4) is 0 Å². The molecule has 1 N–H and O–H groups in total. The van der Waals surface area contributed by atoms with Crippen molar-refractivity contribution in [2.24, 2.45) is 0 Å². The monoisotopic (exact) mass is 276 g/mol. The molecule has 0 amide bonds. The van der Waals surface area contributed by atoms with E-state index >= 15 is 0 Å². The third-order valence-corrected chi connectivity index (χ3v) is 2.97. The number of aliphatic hydroxyl groups excluding tert-OH is 1. The highest BCUT2D eigenvalue weighted by molar-refractivity contribution is 5.29. The fourth-order valence-electron chi connectivity index (χ4n) is 1.79. The molecule has 0 bridgehead atoms. The highest BCUT2D eigenvalue weighted by Crippen LogP contribution is 2.19. The van der Waals surface area contributed by atoms with Crippen molar-refractivity contribution in [2.75, 3.05) is 0 Å². The third kappa shape index (κ3) is 4.06. The number of aliphatic hydroxyl groups is 1. The van der Waals surface area contributed by atoms with E-state index < -0.39 is 6.10 Å². The Balaban J connectivity index is 1.91. The van der Waals surface area contributed by atoms with Gasteiger partial charge < -0.3 is 14.4 Å². The summed E-state index contributed by atoms with van der Waals surface area (Å²) in [6, 6.07) is 7.34. The molecule has 1 aromatic heterocycles. The molecule has 1 atom stereocenters. The minimum atomic E-state index is -0.511. The van der Waals surface area contributed by atoms with Crippen LogP contribution >= 0.6 is 0 Å². The predicted molar refractivity (Wildman–Crippen MR) is 74.3 cm³/mol. The number of nitrogens with zero attached hydrogens (tertiary/aromatic N) is 2. The lowest BCUT2D eigenvalue weighted by molar-refractivity contribution is 0.197. The zero-order valence-electron chi connectivity index (χ0n) is 11.9. The number of ether oxygens (including phenoxy) is 1. The van der Waals surface area contributed by atoms with Crippen LogP contribution in [0, 0.1) is 0 Å². The van der Waals surface area contributed by atoms with Gasteiger partial charge in [0.2, 0.25) is 0 Å². The molecule has 0 aliphatic rings. The van der Waals surface area contributed by atoms with Gasteiger partial charge in [0.15, 0.2) is 12.4 Å². The van der Waals surface area contributed by atoms with Gasteiger partial charge >= 0.3 is 0 Å². The summed E-state index contributed by atoms with van der Waals surface area (Å²) >= 11 is 0. The summed E-state index contributed by atoms with van der Waals surface area (Å²) in [4.78, 5) is 4.27. The molecule has 1 heterocycles. The third-order valence-electron chi connectivity index (χ3n) is 2.97. The Morgan fingerprint density at radius 2 is 2.25 bits per heavy atom. The van der Waals surface area contributed by atoms with Crippen LogP contribution in [0.25, 0.3) is 0 Å². The molecule has 0 saturated carbocycles. The van der Waals surface area contributed by atoms with Crippen LogP contribution in [0.4, 0.5) is 0 Å². The number of aromatic nitrogens is 2. The maximum absolute atomic E-state index is 9.52. The maximum atomic E-state index is 9.52. The summed E-state index contributed by atoms with van der Waals surface area (Å²) in [5.74, 6) is 1.87. The summed E-state index contributed by atoms with van der Waals surface area (Å²) in [5.41, 5.74) is 0.816. The van der Waals surface area contributed by atoms with Crippen molar-refractivity contribution in [2.45, 2.75) is 45.8 Å². The van der Waals surface area contributed by atoms with E-state index in [-0.39, 0.29) is 6.61 Å². The van der Waals surface area contributed by atoms with Crippen molar-refractivity contribution in [1.82, 2.24) is 10.1 Å². The summed E-state index contributed by atoms with van der Waals surface area (Å²) in [6.45, 7) is 4.08. The van der Waals surface area contributed by atoms with E-state index in [2.05, 4.69) is 17.1 Å². The van der Waals surface area contributed by atoms with Crippen LogP contribution in [0.1, 0.15) is 50.1 Å². The molecule has 0 radical (unpaired) electrons. The lowest BCUT2D eigenvalue weighted by Crippen LogP contribution is -1.98. The van der Waals surface area contributed by atoms with E-state index in [1.54, 1.807) is 13.0 Å². The predicted octanol–water partition coefficient (Wildman–Crippen LogP) is 3.04. The van der Waals surface area contributed by atoms with E-state index in [4.69, 9.17) is 9.26 Å². The second-order valence-electron chi connectivity index (χ2n) is 4.75. The summed E-state index contributed by atoms with van der Waals surface area (Å²) < 4.78 is 10.7. The zero-order valence-corrected chi connectivity index (χ0v) is 11.9. The van der Waals surface area contributed by atoms with Crippen LogP contribution in [0.2, 0.25) is 0 Å². The number of benzene rings is 1. The molecule has 0 saturated heterocycles. The van der Waals surface area contributed by atoms with Crippen LogP contribution in [-0.2, 0) is 13.0 Å². The Bertz CT molecular complexity index is 537. The Kier molecular flexibility index (Phi) is 5.12. The fraction of sp³-hybridized carbons (Fsp3) is 0.467. The molecule has 0 aliphatic carbocycles. The smallest absolute Gasteiger partial charge is 0.264 e. The standard InChI is InChI=1S/C15H20N2O3/c1-3-4-8-14-16-15(20-17-14)10-19-13-7-5-6-12(9-13)11(2)18/h5-7,9,11,18H,3-4,8,10H2,1-2H3. The van der Waals surface area contributed by atoms with E-state index in [9.17, 15) is 5.11 Å². The van der Waals surface area contributed by atoms with E-state index in [1.807, 2.05) is 18.2 Å². The largest absolute Gasteiger partial charge is 0.484 e. The summed E-state index contributed by atoms with van der Waals surface area (Å²) in [6.07, 6.45) is 2.47. The molecule has 2 aromatic rings. The first-order chi connectivity index (χ1) is 9.69. The molecule has 2 rings (SSSR count). The van der Waals surface area contributed by atoms with E-state index in [0.29, 0.717) is 11.6 Å². The van der Waals surface area contributed by atoms with Gasteiger partial charge in [0.05, 0.1) is 6.10 Å². The molecule has 0 aliphatic heterocycles. The molecule has 108 valence electrons. The van der Waals surface area contributed by atoms with Crippen molar-refractivity contribution in [3.63, 3.8) is 0 Å². The summed E-state index contributed by atoms with van der Waals surface area (Å²) in [7, 11) is 0. The SMILES string of the molecule is CCCCc1noc(COc2cccc(C(C)O)c2)n1. The van der Waals surface area contributed by atoms with Crippen molar-refractivity contribution >= 4 is 0 Å². The van der Waals surface area contributed by atoms with Crippen molar-refractivity contribution < 1.29 is 14.4 Å². The molecule has 1 unspecified atom stereocenters. The molecule has 5 heteroatoms. The number of unbranched alkanes of at least 4 members (excludes halogenated alkanes) is 1. The zero-order chi connectivity index (χ0) is 14.4. The lowest BCUT2D eigenvalue weighted by atomic mass is 10.1. The average Bonchev–Trinajstić information content (AvgIpc) is 2.91. The normalized spacial score (nSPS) is 12.3. The molecular formula is C15H20N2O3. The maximum Gasteiger partial charge on any atom is 0.264 e. The number of hydrogen-bond donors (Lipinski definition) is 1.